The summed E-state index contributed by atoms with van der Waals surface area (Å²) in [5.41, 5.74) is 1.03. The number of likely N-dealkylation sites (tertiary alicyclic amines) is 1. The van der Waals surface area contributed by atoms with Crippen molar-refractivity contribution < 1.29 is 4.79 Å². The number of rotatable bonds is 2. The van der Waals surface area contributed by atoms with E-state index in [9.17, 15) is 9.59 Å². The van der Waals surface area contributed by atoms with E-state index >= 15 is 0 Å². The van der Waals surface area contributed by atoms with Crippen LogP contribution in [0.3, 0.4) is 0 Å². The van der Waals surface area contributed by atoms with Crippen LogP contribution in [0.25, 0.3) is 0 Å². The fraction of sp³-hybridized carbons (Fsp3) is 0.643. The van der Waals surface area contributed by atoms with Gasteiger partial charge in [-0.2, -0.15) is 5.10 Å². The minimum atomic E-state index is -0.0225. The summed E-state index contributed by atoms with van der Waals surface area (Å²) in [6.07, 6.45) is 4.02. The van der Waals surface area contributed by atoms with Gasteiger partial charge in [-0.3, -0.25) is 9.59 Å². The summed E-state index contributed by atoms with van der Waals surface area (Å²) < 4.78 is 1.64. The van der Waals surface area contributed by atoms with Crippen LogP contribution in [-0.2, 0) is 4.79 Å². The Balaban J connectivity index is 1.77. The molecular formula is C14H19N3O2. The van der Waals surface area contributed by atoms with Gasteiger partial charge in [0.15, 0.2) is 0 Å². The Morgan fingerprint density at radius 3 is 2.47 bits per heavy atom. The Kier molecular flexibility index (Phi) is 3.12. The number of amides is 1. The van der Waals surface area contributed by atoms with Gasteiger partial charge in [0.05, 0.1) is 11.7 Å². The van der Waals surface area contributed by atoms with Gasteiger partial charge >= 0.3 is 0 Å². The summed E-state index contributed by atoms with van der Waals surface area (Å²) in [5, 5.41) is 4.53. The maximum Gasteiger partial charge on any atom is 0.267 e. The molecule has 0 N–H and O–H groups in total. The molecule has 1 aromatic rings. The van der Waals surface area contributed by atoms with Crippen molar-refractivity contribution in [1.82, 2.24) is 14.7 Å². The van der Waals surface area contributed by atoms with Crippen LogP contribution in [0.15, 0.2) is 16.9 Å². The molecule has 19 heavy (non-hydrogen) atoms. The number of hydrogen-bond donors (Lipinski definition) is 0. The van der Waals surface area contributed by atoms with Crippen molar-refractivity contribution in [2.24, 2.45) is 0 Å². The molecule has 0 spiro atoms. The van der Waals surface area contributed by atoms with Gasteiger partial charge in [-0.1, -0.05) is 0 Å². The third kappa shape index (κ3) is 2.55. The molecule has 1 aromatic heterocycles. The molecular weight excluding hydrogens is 242 g/mol. The molecule has 1 aliphatic carbocycles. The minimum Gasteiger partial charge on any atom is -0.343 e. The number of piperidine rings is 1. The largest absolute Gasteiger partial charge is 0.343 e. The average molecular weight is 261 g/mol. The predicted molar refractivity (Wildman–Crippen MR) is 71.0 cm³/mol. The molecule has 0 aromatic carbocycles. The van der Waals surface area contributed by atoms with Crippen LogP contribution in [0, 0.1) is 0 Å². The topological polar surface area (TPSA) is 55.2 Å². The van der Waals surface area contributed by atoms with E-state index in [2.05, 4.69) is 5.10 Å². The summed E-state index contributed by atoms with van der Waals surface area (Å²) in [4.78, 5) is 25.1. The van der Waals surface area contributed by atoms with Crippen LogP contribution in [-0.4, -0.2) is 33.7 Å². The summed E-state index contributed by atoms with van der Waals surface area (Å²) in [5.74, 6) is 0.676. The highest BCUT2D eigenvalue weighted by Crippen LogP contribution is 2.38. The van der Waals surface area contributed by atoms with Crippen molar-refractivity contribution in [1.29, 1.82) is 0 Å². The molecule has 1 saturated carbocycles. The lowest BCUT2D eigenvalue weighted by molar-refractivity contribution is -0.130. The first-order valence-electron chi connectivity index (χ1n) is 7.00. The fourth-order valence-electron chi connectivity index (χ4n) is 2.72. The lowest BCUT2D eigenvalue weighted by Crippen LogP contribution is -2.40. The highest BCUT2D eigenvalue weighted by Gasteiger charge is 2.28. The quantitative estimate of drug-likeness (QED) is 0.806. The summed E-state index contributed by atoms with van der Waals surface area (Å²) in [6, 6.07) is 3.64. The second-order valence-electron chi connectivity index (χ2n) is 5.55. The molecule has 102 valence electrons. The summed E-state index contributed by atoms with van der Waals surface area (Å²) >= 11 is 0. The third-order valence-electron chi connectivity index (χ3n) is 4.10. The first-order chi connectivity index (χ1) is 9.15. The molecule has 0 bridgehead atoms. The number of nitrogens with zero attached hydrogens (tertiary/aromatic N) is 3. The molecule has 1 saturated heterocycles. The highest BCUT2D eigenvalue weighted by atomic mass is 16.2. The maximum absolute atomic E-state index is 11.9. The van der Waals surface area contributed by atoms with Crippen LogP contribution >= 0.6 is 0 Å². The molecule has 2 fully saturated rings. The van der Waals surface area contributed by atoms with Crippen molar-refractivity contribution in [3.63, 3.8) is 0 Å². The van der Waals surface area contributed by atoms with Crippen LogP contribution in [0.5, 0.6) is 0 Å². The van der Waals surface area contributed by atoms with Crippen molar-refractivity contribution >= 4 is 5.91 Å². The predicted octanol–water partition coefficient (Wildman–Crippen LogP) is 1.30. The van der Waals surface area contributed by atoms with Gasteiger partial charge in [-0.25, -0.2) is 4.68 Å². The first-order valence-corrected chi connectivity index (χ1v) is 7.00. The van der Waals surface area contributed by atoms with Gasteiger partial charge in [-0.15, -0.1) is 0 Å². The second kappa shape index (κ2) is 4.79. The van der Waals surface area contributed by atoms with Gasteiger partial charge in [0.25, 0.3) is 5.56 Å². The maximum atomic E-state index is 11.9. The highest BCUT2D eigenvalue weighted by molar-refractivity contribution is 5.73. The standard InChI is InChI=1S/C14H19N3O2/c1-10(18)16-8-6-12(7-9-16)17-14(19)5-4-13(15-17)11-2-3-11/h4-5,11-12H,2-3,6-9H2,1H3. The molecule has 0 unspecified atom stereocenters. The van der Waals surface area contributed by atoms with Crippen LogP contribution in [0.1, 0.15) is 50.3 Å². The van der Waals surface area contributed by atoms with Gasteiger partial charge in [0, 0.05) is 32.0 Å². The Morgan fingerprint density at radius 1 is 1.21 bits per heavy atom. The number of carbonyl (C=O) groups excluding carboxylic acids is 1. The van der Waals surface area contributed by atoms with E-state index in [1.54, 1.807) is 17.7 Å². The molecule has 2 heterocycles. The van der Waals surface area contributed by atoms with E-state index in [1.165, 1.54) is 12.8 Å². The van der Waals surface area contributed by atoms with Gasteiger partial charge in [0.2, 0.25) is 5.91 Å². The third-order valence-corrected chi connectivity index (χ3v) is 4.10. The van der Waals surface area contributed by atoms with Crippen molar-refractivity contribution in [2.75, 3.05) is 13.1 Å². The molecule has 2 aliphatic rings. The first kappa shape index (κ1) is 12.4. The molecule has 1 amide bonds. The van der Waals surface area contributed by atoms with Crippen molar-refractivity contribution in [3.05, 3.63) is 28.2 Å². The van der Waals surface area contributed by atoms with Crippen molar-refractivity contribution in [3.8, 4) is 0 Å². The van der Waals surface area contributed by atoms with Crippen LogP contribution in [0.4, 0.5) is 0 Å². The number of carbonyl (C=O) groups is 1. The molecule has 0 atom stereocenters. The Bertz CT molecular complexity index is 540. The van der Waals surface area contributed by atoms with E-state index in [0.29, 0.717) is 5.92 Å². The molecule has 5 heteroatoms. The molecule has 1 aliphatic heterocycles. The Labute approximate surface area is 112 Å². The van der Waals surface area contributed by atoms with Crippen LogP contribution in [0.2, 0.25) is 0 Å². The van der Waals surface area contributed by atoms with Gasteiger partial charge < -0.3 is 4.90 Å². The van der Waals surface area contributed by atoms with E-state index in [-0.39, 0.29) is 17.5 Å². The normalized spacial score (nSPS) is 20.6. The number of aromatic nitrogens is 2. The molecule has 5 nitrogen and oxygen atoms in total. The molecule has 0 radical (unpaired) electrons. The minimum absolute atomic E-state index is 0.0225. The molecule has 3 rings (SSSR count). The SMILES string of the molecule is CC(=O)N1CCC(n2nc(C3CC3)ccc2=O)CC1. The summed E-state index contributed by atoms with van der Waals surface area (Å²) in [6.45, 7) is 3.04. The zero-order chi connectivity index (χ0) is 13.4. The average Bonchev–Trinajstić information content (AvgIpc) is 3.24. The van der Waals surface area contributed by atoms with Crippen molar-refractivity contribution in [2.45, 2.75) is 44.6 Å². The van der Waals surface area contributed by atoms with E-state index < -0.39 is 0 Å². The van der Waals surface area contributed by atoms with E-state index in [4.69, 9.17) is 0 Å². The summed E-state index contributed by atoms with van der Waals surface area (Å²) in [7, 11) is 0. The Morgan fingerprint density at radius 2 is 1.89 bits per heavy atom. The smallest absolute Gasteiger partial charge is 0.267 e. The lowest BCUT2D eigenvalue weighted by atomic mass is 10.1. The Hall–Kier alpha value is -1.65. The second-order valence-corrected chi connectivity index (χ2v) is 5.55. The number of hydrogen-bond acceptors (Lipinski definition) is 3. The van der Waals surface area contributed by atoms with E-state index in [0.717, 1.165) is 31.6 Å². The van der Waals surface area contributed by atoms with Gasteiger partial charge in [-0.05, 0) is 31.7 Å². The zero-order valence-electron chi connectivity index (χ0n) is 11.2. The fourth-order valence-corrected chi connectivity index (χ4v) is 2.72. The lowest BCUT2D eigenvalue weighted by Gasteiger charge is -2.31. The van der Waals surface area contributed by atoms with Crippen LogP contribution < -0.4 is 5.56 Å². The monoisotopic (exact) mass is 261 g/mol. The van der Waals surface area contributed by atoms with E-state index in [1.807, 2.05) is 11.0 Å². The zero-order valence-corrected chi connectivity index (χ0v) is 11.2. The van der Waals surface area contributed by atoms with Gasteiger partial charge in [0.1, 0.15) is 0 Å².